The molecule has 0 heterocycles. The van der Waals surface area contributed by atoms with E-state index < -0.39 is 0 Å². The molecule has 2 aromatic carbocycles. The first-order chi connectivity index (χ1) is 10.1. The monoisotopic (exact) mass is 322 g/mol. The molecule has 0 unspecified atom stereocenters. The zero-order chi connectivity index (χ0) is 15.1. The Morgan fingerprint density at radius 1 is 1.14 bits per heavy atom. The highest BCUT2D eigenvalue weighted by atomic mass is 35.5. The summed E-state index contributed by atoms with van der Waals surface area (Å²) < 4.78 is 12.8. The molecule has 0 spiro atoms. The summed E-state index contributed by atoms with van der Waals surface area (Å²) in [5.41, 5.74) is 1.98. The van der Waals surface area contributed by atoms with Crippen LogP contribution in [0, 0.1) is 5.82 Å². The Labute approximate surface area is 134 Å². The Kier molecular flexibility index (Phi) is 5.96. The number of hydrogen-bond acceptors (Lipinski definition) is 1. The van der Waals surface area contributed by atoms with E-state index in [-0.39, 0.29) is 5.82 Å². The Hall–Kier alpha value is -1.65. The predicted octanol–water partition coefficient (Wildman–Crippen LogP) is 4.40. The van der Waals surface area contributed by atoms with Crippen LogP contribution in [0.5, 0.6) is 0 Å². The van der Waals surface area contributed by atoms with Crippen molar-refractivity contribution in [2.24, 2.45) is 0 Å². The van der Waals surface area contributed by atoms with Crippen LogP contribution in [-0.2, 0) is 6.42 Å². The minimum absolute atomic E-state index is 0.205. The van der Waals surface area contributed by atoms with Gasteiger partial charge in [0.2, 0.25) is 0 Å². The number of hydrogen-bond donors (Lipinski definition) is 2. The normalized spacial score (nSPS) is 10.2. The van der Waals surface area contributed by atoms with Crippen molar-refractivity contribution < 1.29 is 4.39 Å². The molecule has 2 rings (SSSR count). The molecule has 21 heavy (non-hydrogen) atoms. The van der Waals surface area contributed by atoms with Crippen LogP contribution in [0.1, 0.15) is 12.0 Å². The highest BCUT2D eigenvalue weighted by Gasteiger charge is 1.99. The third kappa shape index (κ3) is 5.69. The maximum Gasteiger partial charge on any atom is 0.170 e. The molecule has 2 N–H and O–H groups in total. The maximum atomic E-state index is 12.8. The van der Waals surface area contributed by atoms with Crippen molar-refractivity contribution in [3.05, 3.63) is 64.9 Å². The Morgan fingerprint density at radius 2 is 1.90 bits per heavy atom. The molecule has 0 aliphatic rings. The molecular weight excluding hydrogens is 307 g/mol. The van der Waals surface area contributed by atoms with Gasteiger partial charge >= 0.3 is 0 Å². The van der Waals surface area contributed by atoms with E-state index >= 15 is 0 Å². The molecule has 0 fully saturated rings. The highest BCUT2D eigenvalue weighted by Crippen LogP contribution is 2.14. The molecule has 0 aromatic heterocycles. The Balaban J connectivity index is 1.68. The fourth-order valence-electron chi connectivity index (χ4n) is 1.89. The second kappa shape index (κ2) is 7.96. The minimum atomic E-state index is -0.205. The molecule has 0 saturated carbocycles. The number of benzene rings is 2. The van der Waals surface area contributed by atoms with Gasteiger partial charge in [0.05, 0.1) is 0 Å². The summed E-state index contributed by atoms with van der Waals surface area (Å²) in [5.74, 6) is -0.205. The molecule has 0 aliphatic carbocycles. The van der Waals surface area contributed by atoms with Crippen molar-refractivity contribution in [3.8, 4) is 0 Å². The first kappa shape index (κ1) is 15.7. The quantitative estimate of drug-likeness (QED) is 0.630. The number of nitrogens with one attached hydrogen (secondary N) is 2. The largest absolute Gasteiger partial charge is 0.362 e. The summed E-state index contributed by atoms with van der Waals surface area (Å²) in [6.07, 6.45) is 1.80. The smallest absolute Gasteiger partial charge is 0.170 e. The van der Waals surface area contributed by atoms with E-state index in [1.165, 1.54) is 12.1 Å². The van der Waals surface area contributed by atoms with Crippen LogP contribution in [-0.4, -0.2) is 11.7 Å². The van der Waals surface area contributed by atoms with Crippen molar-refractivity contribution in [1.82, 2.24) is 5.32 Å². The number of halogens is 2. The van der Waals surface area contributed by atoms with Crippen molar-refractivity contribution >= 4 is 34.6 Å². The molecule has 0 saturated heterocycles. The van der Waals surface area contributed by atoms with Gasteiger partial charge in [0, 0.05) is 17.3 Å². The lowest BCUT2D eigenvalue weighted by molar-refractivity contribution is 0.626. The van der Waals surface area contributed by atoms with Gasteiger partial charge in [-0.1, -0.05) is 29.8 Å². The first-order valence-corrected chi connectivity index (χ1v) is 7.47. The molecule has 0 amide bonds. The lowest BCUT2D eigenvalue weighted by Crippen LogP contribution is -2.29. The van der Waals surface area contributed by atoms with Crippen LogP contribution < -0.4 is 10.6 Å². The minimum Gasteiger partial charge on any atom is -0.362 e. The van der Waals surface area contributed by atoms with Crippen molar-refractivity contribution in [3.63, 3.8) is 0 Å². The van der Waals surface area contributed by atoms with Crippen molar-refractivity contribution in [1.29, 1.82) is 0 Å². The SMILES string of the molecule is Fc1ccc(CCCNC(=S)Nc2cccc(Cl)c2)cc1. The van der Waals surface area contributed by atoms with E-state index in [4.69, 9.17) is 23.8 Å². The predicted molar refractivity (Wildman–Crippen MR) is 90.4 cm³/mol. The molecule has 110 valence electrons. The fraction of sp³-hybridized carbons (Fsp3) is 0.188. The maximum absolute atomic E-state index is 12.8. The van der Waals surface area contributed by atoms with Crippen LogP contribution in [0.3, 0.4) is 0 Å². The summed E-state index contributed by atoms with van der Waals surface area (Å²) >= 11 is 11.1. The van der Waals surface area contributed by atoms with Crippen molar-refractivity contribution in [2.45, 2.75) is 12.8 Å². The van der Waals surface area contributed by atoms with Crippen LogP contribution in [0.15, 0.2) is 48.5 Å². The standard InChI is InChI=1S/C16H16ClFN2S/c17-13-4-1-5-15(11-13)20-16(21)19-10-2-3-12-6-8-14(18)9-7-12/h1,4-9,11H,2-3,10H2,(H2,19,20,21). The van der Waals surface area contributed by atoms with E-state index in [0.717, 1.165) is 30.6 Å². The van der Waals surface area contributed by atoms with Gasteiger partial charge < -0.3 is 10.6 Å². The first-order valence-electron chi connectivity index (χ1n) is 6.68. The molecule has 0 radical (unpaired) electrons. The van der Waals surface area contributed by atoms with Gasteiger partial charge in [-0.05, 0) is 61.0 Å². The Bertz CT molecular complexity index is 601. The van der Waals surface area contributed by atoms with Gasteiger partial charge in [-0.15, -0.1) is 0 Å². The van der Waals surface area contributed by atoms with E-state index in [1.807, 2.05) is 24.3 Å². The lowest BCUT2D eigenvalue weighted by atomic mass is 10.1. The van der Waals surface area contributed by atoms with Crippen LogP contribution in [0.4, 0.5) is 10.1 Å². The second-order valence-electron chi connectivity index (χ2n) is 4.62. The topological polar surface area (TPSA) is 24.1 Å². The highest BCUT2D eigenvalue weighted by molar-refractivity contribution is 7.80. The zero-order valence-electron chi connectivity index (χ0n) is 11.4. The molecule has 5 heteroatoms. The van der Waals surface area contributed by atoms with Gasteiger partial charge in [0.15, 0.2) is 5.11 Å². The third-order valence-electron chi connectivity index (χ3n) is 2.92. The number of thiocarbonyl (C=S) groups is 1. The van der Waals surface area contributed by atoms with E-state index in [1.54, 1.807) is 12.1 Å². The fourth-order valence-corrected chi connectivity index (χ4v) is 2.30. The summed E-state index contributed by atoms with van der Waals surface area (Å²) in [7, 11) is 0. The van der Waals surface area contributed by atoms with Crippen molar-refractivity contribution in [2.75, 3.05) is 11.9 Å². The number of rotatable bonds is 5. The summed E-state index contributed by atoms with van der Waals surface area (Å²) in [6.45, 7) is 0.754. The summed E-state index contributed by atoms with van der Waals surface area (Å²) in [6, 6.07) is 14.0. The van der Waals surface area contributed by atoms with E-state index in [0.29, 0.717) is 10.1 Å². The van der Waals surface area contributed by atoms with Gasteiger partial charge in [-0.25, -0.2) is 4.39 Å². The molecule has 0 aliphatic heterocycles. The lowest BCUT2D eigenvalue weighted by Gasteiger charge is -2.10. The van der Waals surface area contributed by atoms with Gasteiger partial charge in [0.1, 0.15) is 5.82 Å². The third-order valence-corrected chi connectivity index (χ3v) is 3.41. The summed E-state index contributed by atoms with van der Waals surface area (Å²) in [4.78, 5) is 0. The average molecular weight is 323 g/mol. The molecular formula is C16H16ClFN2S. The molecule has 2 nitrogen and oxygen atoms in total. The van der Waals surface area contributed by atoms with Crippen LogP contribution in [0.25, 0.3) is 0 Å². The Morgan fingerprint density at radius 3 is 2.62 bits per heavy atom. The van der Waals surface area contributed by atoms with Crippen LogP contribution in [0.2, 0.25) is 5.02 Å². The number of anilines is 1. The van der Waals surface area contributed by atoms with Gasteiger partial charge in [-0.2, -0.15) is 0 Å². The van der Waals surface area contributed by atoms with Gasteiger partial charge in [-0.3, -0.25) is 0 Å². The van der Waals surface area contributed by atoms with Crippen LogP contribution >= 0.6 is 23.8 Å². The van der Waals surface area contributed by atoms with E-state index in [2.05, 4.69) is 10.6 Å². The molecule has 0 bridgehead atoms. The molecule has 2 aromatic rings. The molecule has 0 atom stereocenters. The zero-order valence-corrected chi connectivity index (χ0v) is 13.0. The number of aryl methyl sites for hydroxylation is 1. The second-order valence-corrected chi connectivity index (χ2v) is 5.47. The summed E-state index contributed by atoms with van der Waals surface area (Å²) in [5, 5.41) is 7.44. The van der Waals surface area contributed by atoms with E-state index in [9.17, 15) is 4.39 Å². The van der Waals surface area contributed by atoms with Gasteiger partial charge in [0.25, 0.3) is 0 Å². The average Bonchev–Trinajstić information content (AvgIpc) is 2.45.